The monoisotopic (exact) mass is 1960 g/mol. The van der Waals surface area contributed by atoms with Gasteiger partial charge in [0.15, 0.2) is 34.9 Å². The van der Waals surface area contributed by atoms with Crippen molar-refractivity contribution in [2.24, 2.45) is 0 Å². The van der Waals surface area contributed by atoms with Crippen molar-refractivity contribution in [1.82, 2.24) is 58.6 Å². The van der Waals surface area contributed by atoms with Gasteiger partial charge in [-0.15, -0.1) is 34.0 Å². The zero-order valence-electron chi connectivity index (χ0n) is 80.1. The van der Waals surface area contributed by atoms with Crippen LogP contribution in [0.4, 0.5) is 0 Å². The Bertz CT molecular complexity index is 11100. The molecule has 0 bridgehead atoms. The van der Waals surface area contributed by atoms with Crippen molar-refractivity contribution >= 4 is 257 Å². The third kappa shape index (κ3) is 13.4. The summed E-state index contributed by atoms with van der Waals surface area (Å²) in [5.41, 5.74) is 12.3. The van der Waals surface area contributed by atoms with Gasteiger partial charge in [-0.3, -0.25) is 13.7 Å². The van der Waals surface area contributed by atoms with Crippen LogP contribution in [0, 0.1) is 0 Å². The Morgan fingerprint density at radius 3 is 0.813 bits per heavy atom. The average molecular weight is 1960 g/mol. The number of hydrogen-bond acceptors (Lipinski definition) is 12. The summed E-state index contributed by atoms with van der Waals surface area (Å²) < 4.78 is 14.3. The molecule has 9 aromatic heterocycles. The lowest BCUT2D eigenvalue weighted by Gasteiger charge is -2.14. The summed E-state index contributed by atoms with van der Waals surface area (Å²) in [5.74, 6) is 5.68. The van der Waals surface area contributed by atoms with Gasteiger partial charge in [0.1, 0.15) is 0 Å². The van der Waals surface area contributed by atoms with Gasteiger partial charge in [-0.05, 0) is 124 Å². The molecule has 0 N–H and O–H groups in total. The van der Waals surface area contributed by atoms with Crippen molar-refractivity contribution in [3.63, 3.8) is 0 Å². The summed E-state index contributed by atoms with van der Waals surface area (Å²) in [7, 11) is 0. The molecule has 0 aliphatic rings. The van der Waals surface area contributed by atoms with E-state index in [1.807, 2.05) is 88.6 Å². The molecule has 696 valence electrons. The molecule has 0 saturated carbocycles. The largest absolute Gasteiger partial charge is 0.277 e. The van der Waals surface area contributed by atoms with Crippen molar-refractivity contribution in [3.8, 4) is 86.2 Å². The van der Waals surface area contributed by atoms with Gasteiger partial charge < -0.3 is 0 Å². The highest BCUT2D eigenvalue weighted by Crippen LogP contribution is 2.51. The van der Waals surface area contributed by atoms with Gasteiger partial charge in [0.05, 0.1) is 33.1 Å². The van der Waals surface area contributed by atoms with Crippen LogP contribution in [0.3, 0.4) is 0 Å². The van der Waals surface area contributed by atoms with Crippen LogP contribution in [0.25, 0.3) is 309 Å². The Kier molecular flexibility index (Phi) is 19.4. The minimum absolute atomic E-state index is 0.598. The van der Waals surface area contributed by atoms with Crippen LogP contribution in [-0.4, -0.2) is 58.6 Å². The maximum atomic E-state index is 5.44. The molecule has 150 heavy (non-hydrogen) atoms. The molecule has 12 nitrogen and oxygen atoms in total. The lowest BCUT2D eigenvalue weighted by molar-refractivity contribution is 0.956. The van der Waals surface area contributed by atoms with Gasteiger partial charge in [0.2, 0.25) is 17.8 Å². The fourth-order valence-electron chi connectivity index (χ4n) is 23.6. The smallest absolute Gasteiger partial charge is 0.238 e. The average Bonchev–Trinajstić information content (AvgIpc) is 1.56. The number of fused-ring (bicyclic) bond motifs is 37. The summed E-state index contributed by atoms with van der Waals surface area (Å²) in [5, 5.41) is 36.0. The van der Waals surface area contributed by atoms with Crippen molar-refractivity contribution in [3.05, 3.63) is 473 Å². The zero-order valence-corrected chi connectivity index (χ0v) is 82.6. The summed E-state index contributed by atoms with van der Waals surface area (Å²) in [6.45, 7) is 0. The van der Waals surface area contributed by atoms with E-state index in [4.69, 9.17) is 44.9 Å². The van der Waals surface area contributed by atoms with E-state index in [9.17, 15) is 0 Å². The van der Waals surface area contributed by atoms with Crippen LogP contribution in [0.5, 0.6) is 0 Å². The van der Waals surface area contributed by atoms with E-state index in [1.165, 1.54) is 152 Å². The van der Waals surface area contributed by atoms with E-state index < -0.39 is 0 Å². The normalized spacial score (nSPS) is 12.0. The molecule has 0 saturated heterocycles. The fourth-order valence-corrected chi connectivity index (χ4v) is 27.0. The molecule has 0 radical (unpaired) electrons. The maximum absolute atomic E-state index is 5.44. The lowest BCUT2D eigenvalue weighted by atomic mass is 9.97. The molecule has 0 fully saturated rings. The minimum Gasteiger partial charge on any atom is -0.277 e. The highest BCUT2D eigenvalue weighted by molar-refractivity contribution is 7.27. The van der Waals surface area contributed by atoms with Gasteiger partial charge in [-0.25, -0.2) is 15.0 Å². The Labute approximate surface area is 868 Å². The molecule has 0 spiro atoms. The Balaban J connectivity index is 0.000000101. The topological polar surface area (TPSA) is 131 Å². The minimum atomic E-state index is 0.598. The van der Waals surface area contributed by atoms with Crippen molar-refractivity contribution in [2.75, 3.05) is 0 Å². The standard InChI is InChI=1S/3C45H26N4S/c1-2-14-27(15-3-1)43-46-44(36-26-39-40(31-19-7-5-18-30(31)36)35-23-11-13-25-38(35)50-39)48-45(47-43)49-37-24-12-10-22-34(37)41-32-20-8-4-16-28(32)29-17-6-9-21-33(29)42(41)49;1-2-14-29(15-3-1)43-46-44(36-26-39-41(33-19-9-8-18-32(33)36)34-20-10-11-21-38(34)50-39)48-45(47-43)49-37-25-23-27-12-4-6-16-30(27)40(37)35-24-22-28-13-5-7-17-31(28)42(35)49;1-2-14-29(15-3-1)43-46-44(37-26-39-40(33-19-9-8-18-32(33)37)36-20-10-11-21-38(36)50-39)48-45(47-43)49-41-30-16-6-4-12-27(30)22-24-34(41)35-25-23-28-13-5-7-17-31(28)42(35)49/h3*1-26H. The number of nitrogens with zero attached hydrogens (tertiary/aromatic N) is 12. The van der Waals surface area contributed by atoms with Crippen molar-refractivity contribution < 1.29 is 0 Å². The third-order valence-corrected chi connectivity index (χ3v) is 33.4. The molecule has 0 unspecified atom stereocenters. The number of rotatable bonds is 9. The molecule has 0 aliphatic carbocycles. The van der Waals surface area contributed by atoms with Gasteiger partial charge in [-0.2, -0.15) is 29.9 Å². The number of para-hydroxylation sites is 1. The predicted molar refractivity (Wildman–Crippen MR) is 631 cm³/mol. The van der Waals surface area contributed by atoms with E-state index in [0.717, 1.165) is 104 Å². The van der Waals surface area contributed by atoms with Crippen molar-refractivity contribution in [2.45, 2.75) is 0 Å². The van der Waals surface area contributed by atoms with E-state index in [0.29, 0.717) is 52.8 Å². The highest BCUT2D eigenvalue weighted by atomic mass is 32.1. The zero-order chi connectivity index (χ0) is 98.3. The van der Waals surface area contributed by atoms with Gasteiger partial charge in [0.25, 0.3) is 0 Å². The van der Waals surface area contributed by atoms with Crippen LogP contribution in [0.2, 0.25) is 0 Å². The SMILES string of the molecule is c1ccc(-c2nc(-c3cc4sc5ccccc5c4c4ccccc34)nc(-n3c4c5ccccc5ccc4c4ccc5ccccc5c43)n2)cc1.c1ccc(-c2nc(-c3cc4sc5ccccc5c4c4ccccc34)nc(-n3c4ccc5ccccc5c4c4ccc5ccccc5c43)n2)cc1.c1ccc(-c2nc(-c3cc4sc5ccccc5c4c4ccccc34)nc(-n3c4ccccc4c4c5ccccc5c5ccccc5c43)n2)cc1. The van der Waals surface area contributed by atoms with Crippen molar-refractivity contribution in [1.29, 1.82) is 0 Å². The molecule has 0 aliphatic heterocycles. The first-order chi connectivity index (χ1) is 74.4. The molecular weight excluding hydrogens is 1890 g/mol. The Hall–Kier alpha value is -19.3. The maximum Gasteiger partial charge on any atom is 0.238 e. The number of aromatic nitrogens is 12. The summed E-state index contributed by atoms with van der Waals surface area (Å²) in [6.07, 6.45) is 0. The molecule has 0 amide bonds. The Morgan fingerprint density at radius 2 is 0.407 bits per heavy atom. The quantitative estimate of drug-likeness (QED) is 0.130. The second-order valence-corrected chi connectivity index (χ2v) is 41.6. The summed E-state index contributed by atoms with van der Waals surface area (Å²) in [6, 6.07) is 168. The molecule has 15 heteroatoms. The molecule has 24 aromatic carbocycles. The first kappa shape index (κ1) is 85.1. The van der Waals surface area contributed by atoms with Gasteiger partial charge in [0, 0.05) is 148 Å². The van der Waals surface area contributed by atoms with E-state index in [1.54, 1.807) is 0 Å². The molecule has 33 rings (SSSR count). The number of hydrogen-bond donors (Lipinski definition) is 0. The fraction of sp³-hybridized carbons (Fsp3) is 0. The highest BCUT2D eigenvalue weighted by Gasteiger charge is 2.30. The predicted octanol–water partition coefficient (Wildman–Crippen LogP) is 36.4. The lowest BCUT2D eigenvalue weighted by Crippen LogP contribution is -2.07. The summed E-state index contributed by atoms with van der Waals surface area (Å²) >= 11 is 5.45. The third-order valence-electron chi connectivity index (χ3n) is 30.1. The Morgan fingerprint density at radius 1 is 0.140 bits per heavy atom. The van der Waals surface area contributed by atoms with E-state index in [2.05, 4.69) is 432 Å². The molecular formula is C135H78N12S3. The van der Waals surface area contributed by atoms with Crippen LogP contribution in [0.1, 0.15) is 0 Å². The van der Waals surface area contributed by atoms with Crippen LogP contribution < -0.4 is 0 Å². The second-order valence-electron chi connectivity index (χ2n) is 38.3. The van der Waals surface area contributed by atoms with Crippen LogP contribution in [0.15, 0.2) is 473 Å². The molecule has 33 aromatic rings. The first-order valence-corrected chi connectivity index (χ1v) is 52.8. The number of thiophene rings is 3. The van der Waals surface area contributed by atoms with Gasteiger partial charge >= 0.3 is 0 Å². The second kappa shape index (κ2) is 34.2. The van der Waals surface area contributed by atoms with E-state index >= 15 is 0 Å². The summed E-state index contributed by atoms with van der Waals surface area (Å²) in [4.78, 5) is 47.9. The van der Waals surface area contributed by atoms with Crippen LogP contribution in [-0.2, 0) is 0 Å². The number of benzene rings is 24. The van der Waals surface area contributed by atoms with E-state index in [-0.39, 0.29) is 0 Å². The molecule has 9 heterocycles. The van der Waals surface area contributed by atoms with Gasteiger partial charge in [-0.1, -0.05) is 425 Å². The first-order valence-electron chi connectivity index (χ1n) is 50.4. The van der Waals surface area contributed by atoms with Crippen LogP contribution >= 0.6 is 34.0 Å². The molecule has 0 atom stereocenters.